The van der Waals surface area contributed by atoms with E-state index in [1.807, 2.05) is 0 Å². The molecule has 8 aromatic carbocycles. The topological polar surface area (TPSA) is 0 Å². The van der Waals surface area contributed by atoms with E-state index in [0.29, 0.717) is 47.3 Å². The van der Waals surface area contributed by atoms with Crippen LogP contribution in [-0.4, -0.2) is 0 Å². The summed E-state index contributed by atoms with van der Waals surface area (Å²) in [5.74, 6) is 3.06. The van der Waals surface area contributed by atoms with E-state index in [2.05, 4.69) is 232 Å². The van der Waals surface area contributed by atoms with Crippen LogP contribution in [0.5, 0.6) is 0 Å². The first-order valence-electron chi connectivity index (χ1n) is 25.4. The Balaban J connectivity index is 1.62. The first-order valence-corrected chi connectivity index (χ1v) is 25.4. The van der Waals surface area contributed by atoms with Crippen molar-refractivity contribution in [3.8, 4) is 44.5 Å². The van der Waals surface area contributed by atoms with Crippen LogP contribution in [-0.2, 0) is 0 Å². The second-order valence-electron chi connectivity index (χ2n) is 21.9. The highest BCUT2D eigenvalue weighted by atomic mass is 14.3. The fraction of sp³-hybridized carbons (Fsp3) is 0.364. The van der Waals surface area contributed by atoms with E-state index < -0.39 is 0 Å². The molecule has 0 fully saturated rings. The van der Waals surface area contributed by atoms with Gasteiger partial charge >= 0.3 is 0 Å². The first kappa shape index (κ1) is 47.0. The highest BCUT2D eigenvalue weighted by molar-refractivity contribution is 6.25. The summed E-state index contributed by atoms with van der Waals surface area (Å²) in [5.41, 5.74) is 22.3. The Hall–Kier alpha value is -5.46. The lowest BCUT2D eigenvalue weighted by Crippen LogP contribution is -2.03. The summed E-state index contributed by atoms with van der Waals surface area (Å²) in [6.45, 7) is 37.7. The number of rotatable bonds is 12. The second-order valence-corrected chi connectivity index (χ2v) is 21.9. The van der Waals surface area contributed by atoms with Crippen LogP contribution in [0.2, 0.25) is 0 Å². The van der Waals surface area contributed by atoms with Crippen molar-refractivity contribution >= 4 is 32.3 Å². The molecule has 8 rings (SSSR count). The number of fused-ring (bicyclic) bond motifs is 5. The van der Waals surface area contributed by atoms with E-state index in [0.717, 1.165) is 0 Å². The van der Waals surface area contributed by atoms with E-state index in [1.165, 1.54) is 121 Å². The van der Waals surface area contributed by atoms with Gasteiger partial charge in [-0.3, -0.25) is 0 Å². The molecule has 0 saturated heterocycles. The molecule has 0 bridgehead atoms. The van der Waals surface area contributed by atoms with Gasteiger partial charge in [-0.1, -0.05) is 208 Å². The van der Waals surface area contributed by atoms with Crippen LogP contribution in [0.15, 0.2) is 121 Å². The monoisotopic (exact) mass is 869 g/mol. The van der Waals surface area contributed by atoms with Gasteiger partial charge in [0.05, 0.1) is 0 Å². The van der Waals surface area contributed by atoms with E-state index in [4.69, 9.17) is 0 Å². The van der Waals surface area contributed by atoms with Gasteiger partial charge in [0.25, 0.3) is 0 Å². The number of hydrogen-bond acceptors (Lipinski definition) is 0. The lowest BCUT2D eigenvalue weighted by atomic mass is 9.78. The molecule has 0 aliphatic carbocycles. The van der Waals surface area contributed by atoms with Gasteiger partial charge in [-0.05, 0) is 193 Å². The maximum absolute atomic E-state index is 2.61. The van der Waals surface area contributed by atoms with Crippen LogP contribution in [0, 0.1) is 0 Å². The molecule has 0 atom stereocenters. The molecule has 66 heavy (non-hydrogen) atoms. The third-order valence-electron chi connectivity index (χ3n) is 14.7. The molecule has 0 nitrogen and oxygen atoms in total. The number of hydrogen-bond donors (Lipinski definition) is 0. The summed E-state index contributed by atoms with van der Waals surface area (Å²) in [4.78, 5) is 0. The standard InChI is InChI=1S/C66H76/c1-37(2)47-21-17-22-48(38(3)4)63(47)45-29-31-55-57(33-45)61(65-51(41(9)10)25-19-26-52(65)42(11)12)35-60-56-32-30-46(64-49(39(5)6)23-18-24-50(64)40(7)8)34-58(56)62(36-59(55)60)66-53(43(13)14)27-20-28-54(66)44(15)16/h17-44H,1-16H3. The zero-order valence-electron chi connectivity index (χ0n) is 43.2. The summed E-state index contributed by atoms with van der Waals surface area (Å²) in [7, 11) is 0. The molecule has 340 valence electrons. The average molecular weight is 869 g/mol. The molecule has 8 aromatic rings. The average Bonchev–Trinajstić information content (AvgIpc) is 3.29. The molecule has 0 saturated carbocycles. The largest absolute Gasteiger partial charge is 0.0617 e. The highest BCUT2D eigenvalue weighted by Gasteiger charge is 2.26. The molecule has 0 aromatic heterocycles. The van der Waals surface area contributed by atoms with Crippen molar-refractivity contribution in [1.82, 2.24) is 0 Å². The predicted octanol–water partition coefficient (Wildman–Crippen LogP) is 20.8. The van der Waals surface area contributed by atoms with Crippen LogP contribution < -0.4 is 0 Å². The SMILES string of the molecule is CC(C)c1cccc(C(C)C)c1-c1ccc2c(c1)c(-c1c(C(C)C)cccc1C(C)C)cc1c3ccc(-c4c(C(C)C)cccc4C(C)C)cc3c(-c3c(C(C)C)cccc3C(C)C)cc21. The molecule has 0 spiro atoms. The van der Waals surface area contributed by atoms with Gasteiger partial charge < -0.3 is 0 Å². The smallest absolute Gasteiger partial charge is 0.00923 e. The molecule has 0 unspecified atom stereocenters. The Morgan fingerprint density at radius 1 is 0.212 bits per heavy atom. The predicted molar refractivity (Wildman–Crippen MR) is 293 cm³/mol. The highest BCUT2D eigenvalue weighted by Crippen LogP contribution is 2.50. The molecule has 0 N–H and O–H groups in total. The van der Waals surface area contributed by atoms with Crippen molar-refractivity contribution in [3.05, 3.63) is 166 Å². The Morgan fingerprint density at radius 3 is 0.667 bits per heavy atom. The van der Waals surface area contributed by atoms with Gasteiger partial charge in [-0.2, -0.15) is 0 Å². The molecule has 0 amide bonds. The quantitative estimate of drug-likeness (QED) is 0.107. The van der Waals surface area contributed by atoms with Gasteiger partial charge in [0.15, 0.2) is 0 Å². The van der Waals surface area contributed by atoms with E-state index >= 15 is 0 Å². The maximum Gasteiger partial charge on any atom is -0.00923 e. The molecular formula is C66H76. The molecule has 0 aliphatic heterocycles. The lowest BCUT2D eigenvalue weighted by molar-refractivity contribution is 0.838. The fourth-order valence-electron chi connectivity index (χ4n) is 11.3. The van der Waals surface area contributed by atoms with Crippen molar-refractivity contribution in [2.24, 2.45) is 0 Å². The summed E-state index contributed by atoms with van der Waals surface area (Å²) < 4.78 is 0. The summed E-state index contributed by atoms with van der Waals surface area (Å²) in [6, 6.07) is 48.3. The Bertz CT molecular complexity index is 2770. The van der Waals surface area contributed by atoms with Crippen molar-refractivity contribution in [1.29, 1.82) is 0 Å². The zero-order chi connectivity index (χ0) is 47.5. The minimum Gasteiger partial charge on any atom is -0.0617 e. The van der Waals surface area contributed by atoms with E-state index in [9.17, 15) is 0 Å². The van der Waals surface area contributed by atoms with E-state index in [1.54, 1.807) is 0 Å². The van der Waals surface area contributed by atoms with Crippen LogP contribution in [0.1, 0.15) is 203 Å². The molecule has 0 aliphatic rings. The van der Waals surface area contributed by atoms with Gasteiger partial charge in [0.2, 0.25) is 0 Å². The van der Waals surface area contributed by atoms with Crippen molar-refractivity contribution in [3.63, 3.8) is 0 Å². The minimum absolute atomic E-state index is 0.363. The second kappa shape index (κ2) is 18.7. The van der Waals surface area contributed by atoms with Crippen LogP contribution in [0.25, 0.3) is 76.8 Å². The normalized spacial score (nSPS) is 12.4. The first-order chi connectivity index (χ1) is 31.4. The Labute approximate surface area is 398 Å². The zero-order valence-corrected chi connectivity index (χ0v) is 43.2. The number of benzene rings is 8. The maximum atomic E-state index is 2.61. The lowest BCUT2D eigenvalue weighted by Gasteiger charge is -2.26. The van der Waals surface area contributed by atoms with Gasteiger partial charge in [-0.25, -0.2) is 0 Å². The Kier molecular flexibility index (Phi) is 13.3. The molecule has 0 radical (unpaired) electrons. The third kappa shape index (κ3) is 8.33. The van der Waals surface area contributed by atoms with Crippen LogP contribution in [0.3, 0.4) is 0 Å². The summed E-state index contributed by atoms with van der Waals surface area (Å²) in [5, 5.41) is 7.95. The van der Waals surface area contributed by atoms with Gasteiger partial charge in [0, 0.05) is 0 Å². The fourth-order valence-corrected chi connectivity index (χ4v) is 11.3. The van der Waals surface area contributed by atoms with Gasteiger partial charge in [0.1, 0.15) is 0 Å². The van der Waals surface area contributed by atoms with E-state index in [-0.39, 0.29) is 0 Å². The van der Waals surface area contributed by atoms with Crippen molar-refractivity contribution < 1.29 is 0 Å². The molecular weight excluding hydrogens is 793 g/mol. The summed E-state index contributed by atoms with van der Waals surface area (Å²) in [6.07, 6.45) is 0. The summed E-state index contributed by atoms with van der Waals surface area (Å²) >= 11 is 0. The third-order valence-corrected chi connectivity index (χ3v) is 14.7. The van der Waals surface area contributed by atoms with Crippen LogP contribution in [0.4, 0.5) is 0 Å². The van der Waals surface area contributed by atoms with Gasteiger partial charge in [-0.15, -0.1) is 0 Å². The van der Waals surface area contributed by atoms with Crippen LogP contribution >= 0.6 is 0 Å². The minimum atomic E-state index is 0.363. The van der Waals surface area contributed by atoms with Crippen molar-refractivity contribution in [2.45, 2.75) is 158 Å². The molecule has 0 heteroatoms. The Morgan fingerprint density at radius 2 is 0.439 bits per heavy atom. The molecule has 0 heterocycles. The van der Waals surface area contributed by atoms with Crippen molar-refractivity contribution in [2.75, 3.05) is 0 Å².